The first-order valence-corrected chi connectivity index (χ1v) is 6.29. The van der Waals surface area contributed by atoms with Crippen molar-refractivity contribution in [3.63, 3.8) is 0 Å². The number of hydrogen-bond donors (Lipinski definition) is 1. The van der Waals surface area contributed by atoms with Gasteiger partial charge in [0, 0.05) is 18.3 Å². The van der Waals surface area contributed by atoms with Gasteiger partial charge in [-0.25, -0.2) is 0 Å². The van der Waals surface area contributed by atoms with E-state index < -0.39 is 0 Å². The maximum absolute atomic E-state index is 11.8. The van der Waals surface area contributed by atoms with Crippen LogP contribution in [0.2, 0.25) is 0 Å². The summed E-state index contributed by atoms with van der Waals surface area (Å²) in [5.74, 6) is 0.108. The van der Waals surface area contributed by atoms with Crippen LogP contribution in [0, 0.1) is 0 Å². The lowest BCUT2D eigenvalue weighted by Crippen LogP contribution is -2.42. The van der Waals surface area contributed by atoms with Gasteiger partial charge in [0.05, 0.1) is 6.54 Å². The standard InChI is InChI=1S/C14H20N2O/c1-11(2)15-14(17)10-16-9-5-7-12-6-3-4-8-13(12)16/h3-4,6,8,11H,5,7,9-10H2,1-2H3,(H,15,17). The van der Waals surface area contributed by atoms with E-state index >= 15 is 0 Å². The number of fused-ring (bicyclic) bond motifs is 1. The second kappa shape index (κ2) is 5.21. The first-order chi connectivity index (χ1) is 8.16. The van der Waals surface area contributed by atoms with Crippen molar-refractivity contribution in [3.05, 3.63) is 29.8 Å². The van der Waals surface area contributed by atoms with Crippen LogP contribution in [0.15, 0.2) is 24.3 Å². The van der Waals surface area contributed by atoms with Crippen LogP contribution in [-0.2, 0) is 11.2 Å². The molecule has 17 heavy (non-hydrogen) atoms. The predicted molar refractivity (Wildman–Crippen MR) is 70.3 cm³/mol. The number of rotatable bonds is 3. The molecule has 0 bridgehead atoms. The highest BCUT2D eigenvalue weighted by Gasteiger charge is 2.18. The van der Waals surface area contributed by atoms with E-state index in [-0.39, 0.29) is 11.9 Å². The molecule has 3 nitrogen and oxygen atoms in total. The summed E-state index contributed by atoms with van der Waals surface area (Å²) in [6.45, 7) is 5.42. The van der Waals surface area contributed by atoms with Crippen molar-refractivity contribution in [3.8, 4) is 0 Å². The number of carbonyl (C=O) groups excluding carboxylic acids is 1. The Labute approximate surface area is 103 Å². The number of carbonyl (C=O) groups is 1. The molecule has 1 aromatic carbocycles. The largest absolute Gasteiger partial charge is 0.362 e. The average molecular weight is 232 g/mol. The summed E-state index contributed by atoms with van der Waals surface area (Å²) in [5.41, 5.74) is 2.58. The maximum Gasteiger partial charge on any atom is 0.239 e. The minimum Gasteiger partial charge on any atom is -0.362 e. The van der Waals surface area contributed by atoms with Gasteiger partial charge in [-0.2, -0.15) is 0 Å². The highest BCUT2D eigenvalue weighted by Crippen LogP contribution is 2.26. The molecule has 1 amide bonds. The number of hydrogen-bond acceptors (Lipinski definition) is 2. The predicted octanol–water partition coefficient (Wildman–Crippen LogP) is 1.96. The van der Waals surface area contributed by atoms with E-state index in [0.29, 0.717) is 6.54 Å². The number of para-hydroxylation sites is 1. The van der Waals surface area contributed by atoms with E-state index in [1.807, 2.05) is 19.9 Å². The van der Waals surface area contributed by atoms with E-state index in [9.17, 15) is 4.79 Å². The first-order valence-electron chi connectivity index (χ1n) is 6.29. The molecule has 0 atom stereocenters. The second-order valence-electron chi connectivity index (χ2n) is 4.88. The van der Waals surface area contributed by atoms with Gasteiger partial charge in [-0.15, -0.1) is 0 Å². The second-order valence-corrected chi connectivity index (χ2v) is 4.88. The number of anilines is 1. The molecule has 3 heteroatoms. The summed E-state index contributed by atoms with van der Waals surface area (Å²) in [6.07, 6.45) is 2.25. The van der Waals surface area contributed by atoms with Gasteiger partial charge in [-0.3, -0.25) is 4.79 Å². The third-order valence-corrected chi connectivity index (χ3v) is 2.99. The van der Waals surface area contributed by atoms with Crippen LogP contribution < -0.4 is 10.2 Å². The van der Waals surface area contributed by atoms with Crippen LogP contribution in [0.3, 0.4) is 0 Å². The molecule has 1 N–H and O–H groups in total. The lowest BCUT2D eigenvalue weighted by Gasteiger charge is -2.30. The number of nitrogens with zero attached hydrogens (tertiary/aromatic N) is 1. The molecule has 0 spiro atoms. The number of nitrogens with one attached hydrogen (secondary N) is 1. The molecule has 0 radical (unpaired) electrons. The Kier molecular flexibility index (Phi) is 3.67. The van der Waals surface area contributed by atoms with Crippen molar-refractivity contribution in [2.75, 3.05) is 18.0 Å². The highest BCUT2D eigenvalue weighted by molar-refractivity contribution is 5.82. The quantitative estimate of drug-likeness (QED) is 0.864. The first kappa shape index (κ1) is 12.0. The molecule has 1 aromatic rings. The van der Waals surface area contributed by atoms with E-state index in [1.165, 1.54) is 11.3 Å². The Morgan fingerprint density at radius 1 is 1.41 bits per heavy atom. The fourth-order valence-corrected chi connectivity index (χ4v) is 2.32. The summed E-state index contributed by atoms with van der Waals surface area (Å²) >= 11 is 0. The highest BCUT2D eigenvalue weighted by atomic mass is 16.2. The molecular formula is C14H20N2O. The Hall–Kier alpha value is -1.51. The zero-order chi connectivity index (χ0) is 12.3. The molecule has 1 aliphatic rings. The normalized spacial score (nSPS) is 14.6. The third kappa shape index (κ3) is 2.99. The van der Waals surface area contributed by atoms with Crippen LogP contribution in [0.5, 0.6) is 0 Å². The molecule has 0 saturated carbocycles. The van der Waals surface area contributed by atoms with Gasteiger partial charge in [0.1, 0.15) is 0 Å². The summed E-state index contributed by atoms with van der Waals surface area (Å²) < 4.78 is 0. The SMILES string of the molecule is CC(C)NC(=O)CN1CCCc2ccccc21. The molecule has 1 heterocycles. The van der Waals surface area contributed by atoms with Crippen LogP contribution in [0.25, 0.3) is 0 Å². The van der Waals surface area contributed by atoms with Gasteiger partial charge in [-0.1, -0.05) is 18.2 Å². The molecule has 0 fully saturated rings. The van der Waals surface area contributed by atoms with Crippen molar-refractivity contribution in [2.45, 2.75) is 32.7 Å². The fourth-order valence-electron chi connectivity index (χ4n) is 2.32. The average Bonchev–Trinajstić information content (AvgIpc) is 2.28. The van der Waals surface area contributed by atoms with Gasteiger partial charge in [-0.05, 0) is 38.3 Å². The zero-order valence-electron chi connectivity index (χ0n) is 10.6. The molecule has 92 valence electrons. The van der Waals surface area contributed by atoms with Gasteiger partial charge in [0.2, 0.25) is 5.91 Å². The van der Waals surface area contributed by atoms with Crippen LogP contribution in [0.1, 0.15) is 25.8 Å². The molecule has 0 aromatic heterocycles. The van der Waals surface area contributed by atoms with Crippen LogP contribution in [0.4, 0.5) is 5.69 Å². The maximum atomic E-state index is 11.8. The van der Waals surface area contributed by atoms with Crippen LogP contribution >= 0.6 is 0 Å². The number of amides is 1. The zero-order valence-corrected chi connectivity index (χ0v) is 10.6. The topological polar surface area (TPSA) is 32.3 Å². The van der Waals surface area contributed by atoms with Gasteiger partial charge < -0.3 is 10.2 Å². The fraction of sp³-hybridized carbons (Fsp3) is 0.500. The van der Waals surface area contributed by atoms with E-state index in [1.54, 1.807) is 0 Å². The van der Waals surface area contributed by atoms with Gasteiger partial charge in [0.15, 0.2) is 0 Å². The minimum atomic E-state index is 0.108. The Morgan fingerprint density at radius 2 is 2.18 bits per heavy atom. The third-order valence-electron chi connectivity index (χ3n) is 2.99. The van der Waals surface area contributed by atoms with Crippen molar-refractivity contribution in [2.24, 2.45) is 0 Å². The Balaban J connectivity index is 2.06. The van der Waals surface area contributed by atoms with Crippen molar-refractivity contribution in [1.29, 1.82) is 0 Å². The molecule has 2 rings (SSSR count). The smallest absolute Gasteiger partial charge is 0.239 e. The Morgan fingerprint density at radius 3 is 2.94 bits per heavy atom. The lowest BCUT2D eigenvalue weighted by atomic mass is 10.0. The van der Waals surface area contributed by atoms with Crippen LogP contribution in [-0.4, -0.2) is 25.0 Å². The van der Waals surface area contributed by atoms with Crippen molar-refractivity contribution in [1.82, 2.24) is 5.32 Å². The van der Waals surface area contributed by atoms with E-state index in [4.69, 9.17) is 0 Å². The summed E-state index contributed by atoms with van der Waals surface area (Å²) in [6, 6.07) is 8.58. The summed E-state index contributed by atoms with van der Waals surface area (Å²) in [7, 11) is 0. The molecule has 0 unspecified atom stereocenters. The van der Waals surface area contributed by atoms with Gasteiger partial charge in [0.25, 0.3) is 0 Å². The summed E-state index contributed by atoms with van der Waals surface area (Å²) in [4.78, 5) is 14.0. The number of aryl methyl sites for hydroxylation is 1. The monoisotopic (exact) mass is 232 g/mol. The van der Waals surface area contributed by atoms with Crippen molar-refractivity contribution < 1.29 is 4.79 Å². The molecular weight excluding hydrogens is 212 g/mol. The molecule has 0 saturated heterocycles. The molecule has 1 aliphatic heterocycles. The Bertz CT molecular complexity index is 401. The molecule has 0 aliphatic carbocycles. The van der Waals surface area contributed by atoms with E-state index in [0.717, 1.165) is 19.4 Å². The summed E-state index contributed by atoms with van der Waals surface area (Å²) in [5, 5.41) is 2.94. The van der Waals surface area contributed by atoms with Crippen molar-refractivity contribution >= 4 is 11.6 Å². The number of benzene rings is 1. The van der Waals surface area contributed by atoms with Gasteiger partial charge >= 0.3 is 0 Å². The lowest BCUT2D eigenvalue weighted by molar-refractivity contribution is -0.120. The minimum absolute atomic E-state index is 0.108. The van der Waals surface area contributed by atoms with E-state index in [2.05, 4.69) is 28.4 Å².